The molecule has 1 heterocycles. The first-order valence-corrected chi connectivity index (χ1v) is 6.82. The van der Waals surface area contributed by atoms with E-state index in [1.807, 2.05) is 13.1 Å². The Morgan fingerprint density at radius 1 is 1.32 bits per heavy atom. The quantitative estimate of drug-likeness (QED) is 0.853. The lowest BCUT2D eigenvalue weighted by atomic mass is 10.1. The Balaban J connectivity index is 1.75. The lowest BCUT2D eigenvalue weighted by Gasteiger charge is -2.07. The topological polar surface area (TPSA) is 56.2 Å². The summed E-state index contributed by atoms with van der Waals surface area (Å²) in [5.74, 6) is 0.0357. The van der Waals surface area contributed by atoms with Gasteiger partial charge in [-0.2, -0.15) is 13.9 Å². The summed E-state index contributed by atoms with van der Waals surface area (Å²) in [5, 5.41) is 6.83. The van der Waals surface area contributed by atoms with E-state index in [1.54, 1.807) is 23.0 Å². The van der Waals surface area contributed by atoms with Gasteiger partial charge in [0.05, 0.1) is 12.2 Å². The molecule has 7 heteroatoms. The first-order chi connectivity index (χ1) is 10.5. The Morgan fingerprint density at radius 3 is 2.64 bits per heavy atom. The molecule has 1 N–H and O–H groups in total. The summed E-state index contributed by atoms with van der Waals surface area (Å²) in [6.07, 6.45) is 2.53. The maximum atomic E-state index is 12.0. The first kappa shape index (κ1) is 15.9. The van der Waals surface area contributed by atoms with E-state index in [0.717, 1.165) is 11.3 Å². The molecule has 0 bridgehead atoms. The Hall–Kier alpha value is -2.44. The number of nitrogens with one attached hydrogen (secondary N) is 1. The van der Waals surface area contributed by atoms with Crippen molar-refractivity contribution < 1.29 is 18.3 Å². The highest BCUT2D eigenvalue weighted by molar-refractivity contribution is 5.76. The predicted molar refractivity (Wildman–Crippen MR) is 76.4 cm³/mol. The minimum atomic E-state index is -2.83. The fourth-order valence-electron chi connectivity index (χ4n) is 1.95. The molecule has 0 aliphatic carbocycles. The Bertz CT molecular complexity index is 612. The summed E-state index contributed by atoms with van der Waals surface area (Å²) in [6, 6.07) is 8.12. The number of carbonyl (C=O) groups excluding carboxylic acids is 1. The zero-order valence-corrected chi connectivity index (χ0v) is 12.1. The van der Waals surface area contributed by atoms with Crippen LogP contribution < -0.4 is 10.1 Å². The van der Waals surface area contributed by atoms with Gasteiger partial charge in [-0.25, -0.2) is 0 Å². The van der Waals surface area contributed by atoms with Crippen LogP contribution in [0.5, 0.6) is 5.75 Å². The van der Waals surface area contributed by atoms with Crippen molar-refractivity contribution in [3.63, 3.8) is 0 Å². The third-order valence-corrected chi connectivity index (χ3v) is 3.18. The number of ether oxygens (including phenoxy) is 1. The van der Waals surface area contributed by atoms with Crippen LogP contribution in [0.1, 0.15) is 17.7 Å². The summed E-state index contributed by atoms with van der Waals surface area (Å²) >= 11 is 0. The van der Waals surface area contributed by atoms with Gasteiger partial charge in [-0.3, -0.25) is 9.48 Å². The van der Waals surface area contributed by atoms with E-state index in [4.69, 9.17) is 0 Å². The number of hydrogen-bond donors (Lipinski definition) is 1. The molecule has 0 saturated carbocycles. The van der Waals surface area contributed by atoms with Gasteiger partial charge >= 0.3 is 6.61 Å². The standard InChI is InChI=1S/C15H17F2N3O2/c1-20-12(8-9-19-20)10-18-14(21)7-4-11-2-5-13(6-3-11)22-15(16)17/h2-3,5-6,8-9,15H,4,7,10H2,1H3,(H,18,21). The second-order valence-corrected chi connectivity index (χ2v) is 4.75. The van der Waals surface area contributed by atoms with Gasteiger partial charge in [-0.1, -0.05) is 12.1 Å². The van der Waals surface area contributed by atoms with Crippen LogP contribution in [0.3, 0.4) is 0 Å². The minimum absolute atomic E-state index is 0.0749. The van der Waals surface area contributed by atoms with Crippen LogP contribution >= 0.6 is 0 Å². The second kappa shape index (κ2) is 7.53. The van der Waals surface area contributed by atoms with E-state index < -0.39 is 6.61 Å². The normalized spacial score (nSPS) is 10.7. The largest absolute Gasteiger partial charge is 0.435 e. The number of benzene rings is 1. The smallest absolute Gasteiger partial charge is 0.387 e. The van der Waals surface area contributed by atoms with Crippen LogP contribution in [-0.4, -0.2) is 22.3 Å². The number of aryl methyl sites for hydroxylation is 2. The molecule has 0 unspecified atom stereocenters. The van der Waals surface area contributed by atoms with Gasteiger partial charge < -0.3 is 10.1 Å². The molecular weight excluding hydrogens is 292 g/mol. The van der Waals surface area contributed by atoms with Gasteiger partial charge in [0.15, 0.2) is 0 Å². The zero-order chi connectivity index (χ0) is 15.9. The average molecular weight is 309 g/mol. The van der Waals surface area contributed by atoms with Gasteiger partial charge in [0.2, 0.25) is 5.91 Å². The summed E-state index contributed by atoms with van der Waals surface area (Å²) in [6.45, 7) is -2.40. The van der Waals surface area contributed by atoms with E-state index in [0.29, 0.717) is 19.4 Å². The predicted octanol–water partition coefficient (Wildman–Crippen LogP) is 2.27. The highest BCUT2D eigenvalue weighted by atomic mass is 19.3. The third-order valence-electron chi connectivity index (χ3n) is 3.18. The fraction of sp³-hybridized carbons (Fsp3) is 0.333. The molecule has 0 saturated heterocycles. The van der Waals surface area contributed by atoms with E-state index >= 15 is 0 Å². The van der Waals surface area contributed by atoms with E-state index in [2.05, 4.69) is 15.2 Å². The molecule has 0 radical (unpaired) electrons. The number of halogens is 2. The molecule has 1 aromatic heterocycles. The number of amides is 1. The van der Waals surface area contributed by atoms with Crippen molar-refractivity contribution in [2.24, 2.45) is 7.05 Å². The Kier molecular flexibility index (Phi) is 5.46. The number of carbonyl (C=O) groups is 1. The molecule has 22 heavy (non-hydrogen) atoms. The summed E-state index contributed by atoms with van der Waals surface area (Å²) in [4.78, 5) is 11.8. The van der Waals surface area contributed by atoms with Gasteiger partial charge in [0, 0.05) is 19.7 Å². The third kappa shape index (κ3) is 4.83. The molecule has 0 aliphatic heterocycles. The lowest BCUT2D eigenvalue weighted by Crippen LogP contribution is -2.24. The van der Waals surface area contributed by atoms with E-state index in [1.165, 1.54) is 12.1 Å². The van der Waals surface area contributed by atoms with Crippen molar-refractivity contribution in [1.82, 2.24) is 15.1 Å². The first-order valence-electron chi connectivity index (χ1n) is 6.82. The fourth-order valence-corrected chi connectivity index (χ4v) is 1.95. The average Bonchev–Trinajstić information content (AvgIpc) is 2.89. The number of alkyl halides is 2. The van der Waals surface area contributed by atoms with Crippen LogP contribution in [-0.2, 0) is 24.8 Å². The van der Waals surface area contributed by atoms with Crippen LogP contribution in [0.2, 0.25) is 0 Å². The van der Waals surface area contributed by atoms with Crippen LogP contribution in [0.4, 0.5) is 8.78 Å². The van der Waals surface area contributed by atoms with Crippen LogP contribution in [0.25, 0.3) is 0 Å². The highest BCUT2D eigenvalue weighted by Crippen LogP contribution is 2.15. The monoisotopic (exact) mass is 309 g/mol. The van der Waals surface area contributed by atoms with Crippen molar-refractivity contribution >= 4 is 5.91 Å². The molecule has 2 rings (SSSR count). The summed E-state index contributed by atoms with van der Waals surface area (Å²) < 4.78 is 30.0. The van der Waals surface area contributed by atoms with Crippen molar-refractivity contribution in [3.8, 4) is 5.75 Å². The molecule has 0 spiro atoms. The molecule has 2 aromatic rings. The zero-order valence-electron chi connectivity index (χ0n) is 12.1. The molecule has 0 atom stereocenters. The maximum Gasteiger partial charge on any atom is 0.387 e. The van der Waals surface area contributed by atoms with Crippen molar-refractivity contribution in [1.29, 1.82) is 0 Å². The molecular formula is C15H17F2N3O2. The summed E-state index contributed by atoms with van der Waals surface area (Å²) in [5.41, 5.74) is 1.80. The number of aromatic nitrogens is 2. The number of rotatable bonds is 7. The second-order valence-electron chi connectivity index (χ2n) is 4.75. The highest BCUT2D eigenvalue weighted by Gasteiger charge is 2.06. The Labute approximate surface area is 126 Å². The van der Waals surface area contributed by atoms with Crippen LogP contribution in [0.15, 0.2) is 36.5 Å². The van der Waals surface area contributed by atoms with Gasteiger partial charge in [-0.05, 0) is 30.2 Å². The molecule has 1 aromatic carbocycles. The molecule has 0 fully saturated rings. The van der Waals surface area contributed by atoms with E-state index in [9.17, 15) is 13.6 Å². The molecule has 118 valence electrons. The lowest BCUT2D eigenvalue weighted by molar-refractivity contribution is -0.121. The Morgan fingerprint density at radius 2 is 2.05 bits per heavy atom. The number of nitrogens with zero attached hydrogens (tertiary/aromatic N) is 2. The molecule has 0 aliphatic rings. The van der Waals surface area contributed by atoms with Gasteiger partial charge in [0.25, 0.3) is 0 Å². The molecule has 5 nitrogen and oxygen atoms in total. The van der Waals surface area contributed by atoms with Crippen molar-refractivity contribution in [2.45, 2.75) is 26.0 Å². The van der Waals surface area contributed by atoms with E-state index in [-0.39, 0.29) is 11.7 Å². The van der Waals surface area contributed by atoms with Crippen molar-refractivity contribution in [2.75, 3.05) is 0 Å². The van der Waals surface area contributed by atoms with Gasteiger partial charge in [0.1, 0.15) is 5.75 Å². The summed E-state index contributed by atoms with van der Waals surface area (Å²) in [7, 11) is 1.81. The maximum absolute atomic E-state index is 12.0. The number of hydrogen-bond acceptors (Lipinski definition) is 3. The SMILES string of the molecule is Cn1nccc1CNC(=O)CCc1ccc(OC(F)F)cc1. The van der Waals surface area contributed by atoms with Crippen LogP contribution in [0, 0.1) is 0 Å². The van der Waals surface area contributed by atoms with Gasteiger partial charge in [-0.15, -0.1) is 0 Å². The van der Waals surface area contributed by atoms with Crippen molar-refractivity contribution in [3.05, 3.63) is 47.8 Å². The molecule has 1 amide bonds. The minimum Gasteiger partial charge on any atom is -0.435 e.